The third-order valence-electron chi connectivity index (χ3n) is 4.69. The maximum absolute atomic E-state index is 12.8. The summed E-state index contributed by atoms with van der Waals surface area (Å²) < 4.78 is 1.60. The highest BCUT2D eigenvalue weighted by atomic mass is 32.2. The van der Waals surface area contributed by atoms with Crippen molar-refractivity contribution < 1.29 is 4.79 Å². The summed E-state index contributed by atoms with van der Waals surface area (Å²) in [5.41, 5.74) is -0.00598. The average Bonchev–Trinajstić information content (AvgIpc) is 2.87. The minimum Gasteiger partial charge on any atom is -0.337 e. The summed E-state index contributed by atoms with van der Waals surface area (Å²) in [7, 11) is 0. The van der Waals surface area contributed by atoms with Crippen LogP contribution in [-0.4, -0.2) is 26.8 Å². The molecule has 0 saturated carbocycles. The largest absolute Gasteiger partial charge is 0.337 e. The lowest BCUT2D eigenvalue weighted by molar-refractivity contribution is -0.120. The number of nitrogens with zero attached hydrogens (tertiary/aromatic N) is 3. The van der Waals surface area contributed by atoms with Crippen LogP contribution in [0.15, 0.2) is 9.95 Å². The molecule has 2 heterocycles. The smallest absolute Gasteiger partial charge is 0.263 e. The monoisotopic (exact) mass is 392 g/mol. The van der Waals surface area contributed by atoms with Gasteiger partial charge in [0, 0.05) is 11.4 Å². The third-order valence-corrected chi connectivity index (χ3v) is 6.77. The molecule has 0 aliphatic heterocycles. The second kappa shape index (κ2) is 7.80. The number of aromatic nitrogens is 2. The number of amides is 1. The van der Waals surface area contributed by atoms with E-state index in [1.54, 1.807) is 11.5 Å². The normalized spacial score (nSPS) is 13.6. The van der Waals surface area contributed by atoms with Crippen LogP contribution in [0.1, 0.15) is 38.1 Å². The van der Waals surface area contributed by atoms with Crippen LogP contribution in [0.25, 0.3) is 10.2 Å². The molecule has 0 aliphatic rings. The molecule has 0 fully saturated rings. The molecule has 2 aromatic heterocycles. The van der Waals surface area contributed by atoms with Gasteiger partial charge in [-0.1, -0.05) is 25.6 Å². The van der Waals surface area contributed by atoms with E-state index in [0.29, 0.717) is 21.9 Å². The Kier molecular flexibility index (Phi) is 6.14. The number of nitrogens with one attached hydrogen (secondary N) is 1. The van der Waals surface area contributed by atoms with Crippen LogP contribution >= 0.6 is 23.1 Å². The Morgan fingerprint density at radius 2 is 2.12 bits per heavy atom. The summed E-state index contributed by atoms with van der Waals surface area (Å²) in [5.74, 6) is -0.157. The van der Waals surface area contributed by atoms with E-state index in [1.165, 1.54) is 23.1 Å². The first-order valence-corrected chi connectivity index (χ1v) is 10.3. The zero-order valence-electron chi connectivity index (χ0n) is 16.0. The zero-order chi connectivity index (χ0) is 19.6. The van der Waals surface area contributed by atoms with Crippen LogP contribution < -0.4 is 10.9 Å². The molecule has 1 amide bonds. The number of hydrogen-bond acceptors (Lipinski definition) is 6. The van der Waals surface area contributed by atoms with Gasteiger partial charge in [-0.2, -0.15) is 5.26 Å². The van der Waals surface area contributed by atoms with Crippen LogP contribution in [-0.2, 0) is 11.3 Å². The Balaban J connectivity index is 2.28. The highest BCUT2D eigenvalue weighted by Crippen LogP contribution is 2.28. The van der Waals surface area contributed by atoms with Crippen molar-refractivity contribution in [2.75, 3.05) is 5.75 Å². The van der Waals surface area contributed by atoms with Crippen molar-refractivity contribution in [3.63, 3.8) is 0 Å². The van der Waals surface area contributed by atoms with Crippen molar-refractivity contribution in [1.82, 2.24) is 14.9 Å². The summed E-state index contributed by atoms with van der Waals surface area (Å²) >= 11 is 2.72. The summed E-state index contributed by atoms with van der Waals surface area (Å²) in [6.45, 7) is 11.8. The molecular formula is C18H24N4O2S2. The van der Waals surface area contributed by atoms with E-state index in [2.05, 4.69) is 16.4 Å². The number of carbonyl (C=O) groups excluding carboxylic acids is 1. The Hall–Kier alpha value is -1.85. The molecule has 1 unspecified atom stereocenters. The molecule has 140 valence electrons. The van der Waals surface area contributed by atoms with Crippen LogP contribution in [0, 0.1) is 31.1 Å². The standard InChI is InChI=1S/C18H24N4O2S2/c1-7-22-16(24)14-11(4)12(5)26-15(14)20-17(22)25-8-13(23)21-18(6,9-19)10(2)3/h10H,7-8H2,1-6H3,(H,21,23). The predicted octanol–water partition coefficient (Wildman–Crippen LogP) is 3.24. The lowest BCUT2D eigenvalue weighted by Gasteiger charge is -2.27. The molecule has 0 saturated heterocycles. The molecule has 1 N–H and O–H groups in total. The van der Waals surface area contributed by atoms with Gasteiger partial charge in [0.1, 0.15) is 10.4 Å². The highest BCUT2D eigenvalue weighted by molar-refractivity contribution is 7.99. The average molecular weight is 393 g/mol. The molecule has 1 atom stereocenters. The molecule has 0 aromatic carbocycles. The predicted molar refractivity (Wildman–Crippen MR) is 107 cm³/mol. The number of rotatable bonds is 6. The fourth-order valence-corrected chi connectivity index (χ4v) is 4.39. The van der Waals surface area contributed by atoms with E-state index in [0.717, 1.165) is 10.4 Å². The summed E-state index contributed by atoms with van der Waals surface area (Å²) in [4.78, 5) is 31.5. The Morgan fingerprint density at radius 1 is 1.46 bits per heavy atom. The van der Waals surface area contributed by atoms with Crippen molar-refractivity contribution in [3.8, 4) is 6.07 Å². The number of carbonyl (C=O) groups is 1. The second-order valence-electron chi connectivity index (χ2n) is 6.71. The SMILES string of the molecule is CCn1c(SCC(=O)NC(C)(C#N)C(C)C)nc2sc(C)c(C)c2c1=O. The molecular weight excluding hydrogens is 368 g/mol. The van der Waals surface area contributed by atoms with E-state index in [9.17, 15) is 14.9 Å². The van der Waals surface area contributed by atoms with Gasteiger partial charge in [0.05, 0.1) is 17.2 Å². The number of hydrogen-bond donors (Lipinski definition) is 1. The first-order chi connectivity index (χ1) is 12.1. The van der Waals surface area contributed by atoms with Gasteiger partial charge in [-0.15, -0.1) is 11.3 Å². The topological polar surface area (TPSA) is 87.8 Å². The molecule has 0 radical (unpaired) electrons. The van der Waals surface area contributed by atoms with Crippen molar-refractivity contribution in [2.45, 2.75) is 58.8 Å². The minimum absolute atomic E-state index is 0.0122. The Labute approximate surface area is 161 Å². The summed E-state index contributed by atoms with van der Waals surface area (Å²) in [6, 6.07) is 2.16. The summed E-state index contributed by atoms with van der Waals surface area (Å²) in [6.07, 6.45) is 0. The third kappa shape index (κ3) is 3.79. The quantitative estimate of drug-likeness (QED) is 0.602. The number of thioether (sulfide) groups is 1. The lowest BCUT2D eigenvalue weighted by Crippen LogP contribution is -2.49. The van der Waals surface area contributed by atoms with Crippen molar-refractivity contribution in [3.05, 3.63) is 20.8 Å². The maximum atomic E-state index is 12.8. The molecule has 0 spiro atoms. The van der Waals surface area contributed by atoms with Crippen molar-refractivity contribution in [2.24, 2.45) is 5.92 Å². The van der Waals surface area contributed by atoms with Gasteiger partial charge in [0.25, 0.3) is 5.56 Å². The van der Waals surface area contributed by atoms with Gasteiger partial charge in [-0.3, -0.25) is 14.2 Å². The van der Waals surface area contributed by atoms with Crippen LogP contribution in [0.4, 0.5) is 0 Å². The van der Waals surface area contributed by atoms with Gasteiger partial charge in [-0.05, 0) is 39.2 Å². The molecule has 2 aromatic rings. The molecule has 26 heavy (non-hydrogen) atoms. The fraction of sp³-hybridized carbons (Fsp3) is 0.556. The van der Waals surface area contributed by atoms with E-state index in [-0.39, 0.29) is 23.1 Å². The Morgan fingerprint density at radius 3 is 2.65 bits per heavy atom. The minimum atomic E-state index is -0.915. The first-order valence-electron chi connectivity index (χ1n) is 8.50. The molecule has 6 nitrogen and oxygen atoms in total. The second-order valence-corrected chi connectivity index (χ2v) is 8.86. The summed E-state index contributed by atoms with van der Waals surface area (Å²) in [5, 5.41) is 13.3. The van der Waals surface area contributed by atoms with Gasteiger partial charge in [-0.25, -0.2) is 4.98 Å². The van der Waals surface area contributed by atoms with E-state index < -0.39 is 5.54 Å². The van der Waals surface area contributed by atoms with Gasteiger partial charge >= 0.3 is 0 Å². The fourth-order valence-electron chi connectivity index (χ4n) is 2.45. The molecule has 2 rings (SSSR count). The van der Waals surface area contributed by atoms with Crippen molar-refractivity contribution >= 4 is 39.2 Å². The Bertz CT molecular complexity index is 939. The van der Waals surface area contributed by atoms with Crippen LogP contribution in [0.2, 0.25) is 0 Å². The van der Waals surface area contributed by atoms with Crippen molar-refractivity contribution in [1.29, 1.82) is 5.26 Å². The highest BCUT2D eigenvalue weighted by Gasteiger charge is 2.30. The zero-order valence-corrected chi connectivity index (χ0v) is 17.6. The molecule has 8 heteroatoms. The van der Waals surface area contributed by atoms with Gasteiger partial charge in [0.15, 0.2) is 5.16 Å². The van der Waals surface area contributed by atoms with E-state index in [1.807, 2.05) is 34.6 Å². The molecule has 0 aliphatic carbocycles. The van der Waals surface area contributed by atoms with E-state index in [4.69, 9.17) is 0 Å². The lowest BCUT2D eigenvalue weighted by atomic mass is 9.90. The van der Waals surface area contributed by atoms with Gasteiger partial charge < -0.3 is 5.32 Å². The van der Waals surface area contributed by atoms with Gasteiger partial charge in [0.2, 0.25) is 5.91 Å². The van der Waals surface area contributed by atoms with Crippen LogP contribution in [0.3, 0.4) is 0 Å². The number of nitriles is 1. The van der Waals surface area contributed by atoms with E-state index >= 15 is 0 Å². The number of thiophene rings is 1. The van der Waals surface area contributed by atoms with Crippen LogP contribution in [0.5, 0.6) is 0 Å². The number of aryl methyl sites for hydroxylation is 2. The number of fused-ring (bicyclic) bond motifs is 1. The maximum Gasteiger partial charge on any atom is 0.263 e. The first kappa shape index (κ1) is 20.5. The molecule has 0 bridgehead atoms.